The van der Waals surface area contributed by atoms with Crippen LogP contribution in [0.25, 0.3) is 11.2 Å². The van der Waals surface area contributed by atoms with Crippen molar-refractivity contribution in [2.45, 2.75) is 0 Å². The Morgan fingerprint density at radius 2 is 2.23 bits per heavy atom. The molecule has 0 unspecified atom stereocenters. The molecule has 0 aliphatic heterocycles. The number of nitrogens with zero attached hydrogens (tertiary/aromatic N) is 3. The summed E-state index contributed by atoms with van der Waals surface area (Å²) in [6.45, 7) is 0. The van der Waals surface area contributed by atoms with Crippen LogP contribution in [-0.2, 0) is 0 Å². The maximum atomic E-state index is 5.78. The predicted molar refractivity (Wildman–Crippen MR) is 48.9 cm³/mol. The van der Waals surface area contributed by atoms with E-state index in [2.05, 4.69) is 15.0 Å². The molecule has 0 aliphatic rings. The lowest BCUT2D eigenvalue weighted by Gasteiger charge is -2.01. The molecule has 5 heteroatoms. The van der Waals surface area contributed by atoms with Gasteiger partial charge >= 0.3 is 0 Å². The fourth-order valence-electron chi connectivity index (χ4n) is 0.988. The van der Waals surface area contributed by atoms with Crippen LogP contribution in [0.2, 0.25) is 5.15 Å². The van der Waals surface area contributed by atoms with Gasteiger partial charge in [0, 0.05) is 6.20 Å². The highest BCUT2D eigenvalue weighted by Gasteiger charge is 2.06. The van der Waals surface area contributed by atoms with E-state index in [1.807, 2.05) is 0 Å². The minimum Gasteiger partial charge on any atom is -0.479 e. The monoisotopic (exact) mass is 195 g/mol. The van der Waals surface area contributed by atoms with Gasteiger partial charge in [0.25, 0.3) is 5.88 Å². The van der Waals surface area contributed by atoms with Crippen LogP contribution >= 0.6 is 11.6 Å². The lowest BCUT2D eigenvalue weighted by molar-refractivity contribution is 0.397. The van der Waals surface area contributed by atoms with Crippen LogP contribution in [0.4, 0.5) is 0 Å². The Bertz CT molecular complexity index is 446. The molecule has 13 heavy (non-hydrogen) atoms. The zero-order valence-corrected chi connectivity index (χ0v) is 7.62. The molecule has 0 saturated heterocycles. The van der Waals surface area contributed by atoms with Crippen LogP contribution in [0.3, 0.4) is 0 Å². The standard InChI is InChI=1S/C8H6ClN3O/c1-13-8-6(9)11-5-3-2-4-10-7(5)12-8/h2-4H,1H3. The van der Waals surface area contributed by atoms with Gasteiger partial charge in [-0.05, 0) is 12.1 Å². The van der Waals surface area contributed by atoms with Crippen molar-refractivity contribution in [3.05, 3.63) is 23.5 Å². The maximum absolute atomic E-state index is 5.78. The third-order valence-electron chi connectivity index (χ3n) is 1.56. The van der Waals surface area contributed by atoms with Gasteiger partial charge in [-0.2, -0.15) is 4.98 Å². The van der Waals surface area contributed by atoms with Gasteiger partial charge in [-0.15, -0.1) is 0 Å². The zero-order valence-electron chi connectivity index (χ0n) is 6.86. The summed E-state index contributed by atoms with van der Waals surface area (Å²) < 4.78 is 4.91. The van der Waals surface area contributed by atoms with E-state index < -0.39 is 0 Å². The first-order valence-electron chi connectivity index (χ1n) is 3.63. The first-order valence-corrected chi connectivity index (χ1v) is 4.01. The SMILES string of the molecule is COc1nc2ncccc2nc1Cl. The molecular weight excluding hydrogens is 190 g/mol. The largest absolute Gasteiger partial charge is 0.479 e. The second-order valence-corrected chi connectivity index (χ2v) is 2.73. The van der Waals surface area contributed by atoms with Crippen LogP contribution in [-0.4, -0.2) is 22.1 Å². The summed E-state index contributed by atoms with van der Waals surface area (Å²) in [4.78, 5) is 12.1. The Morgan fingerprint density at radius 3 is 3.00 bits per heavy atom. The van der Waals surface area contributed by atoms with Gasteiger partial charge in [0.05, 0.1) is 7.11 Å². The van der Waals surface area contributed by atoms with Crippen molar-refractivity contribution in [1.82, 2.24) is 15.0 Å². The van der Waals surface area contributed by atoms with Crippen LogP contribution in [0.15, 0.2) is 18.3 Å². The second-order valence-electron chi connectivity index (χ2n) is 2.37. The zero-order chi connectivity index (χ0) is 9.26. The number of methoxy groups -OCH3 is 1. The van der Waals surface area contributed by atoms with Gasteiger partial charge in [0.1, 0.15) is 5.52 Å². The molecule has 0 amide bonds. The van der Waals surface area contributed by atoms with E-state index in [0.717, 1.165) is 0 Å². The summed E-state index contributed by atoms with van der Waals surface area (Å²) >= 11 is 5.78. The highest BCUT2D eigenvalue weighted by atomic mass is 35.5. The Kier molecular flexibility index (Phi) is 1.98. The van der Waals surface area contributed by atoms with Gasteiger partial charge in [-0.25, -0.2) is 9.97 Å². The number of halogens is 1. The molecule has 0 aliphatic carbocycles. The highest BCUT2D eigenvalue weighted by Crippen LogP contribution is 2.20. The average molecular weight is 196 g/mol. The Balaban J connectivity index is 2.74. The first kappa shape index (κ1) is 8.19. The van der Waals surface area contributed by atoms with Crippen molar-refractivity contribution in [2.24, 2.45) is 0 Å². The molecule has 2 rings (SSSR count). The molecule has 0 saturated carbocycles. The molecule has 0 radical (unpaired) electrons. The van der Waals surface area contributed by atoms with Crippen molar-refractivity contribution < 1.29 is 4.74 Å². The third-order valence-corrected chi connectivity index (χ3v) is 1.81. The number of pyridine rings is 1. The van der Waals surface area contributed by atoms with Crippen molar-refractivity contribution >= 4 is 22.8 Å². The normalized spacial score (nSPS) is 10.3. The fraction of sp³-hybridized carbons (Fsp3) is 0.125. The average Bonchev–Trinajstić information content (AvgIpc) is 2.17. The van der Waals surface area contributed by atoms with Gasteiger partial charge in [-0.1, -0.05) is 11.6 Å². The van der Waals surface area contributed by atoms with E-state index in [9.17, 15) is 0 Å². The molecule has 0 spiro atoms. The third kappa shape index (κ3) is 1.40. The maximum Gasteiger partial charge on any atom is 0.253 e. The van der Waals surface area contributed by atoms with Gasteiger partial charge in [0.15, 0.2) is 10.8 Å². The van der Waals surface area contributed by atoms with E-state index in [-0.39, 0.29) is 5.15 Å². The summed E-state index contributed by atoms with van der Waals surface area (Å²) in [6.07, 6.45) is 1.64. The number of ether oxygens (including phenoxy) is 1. The van der Waals surface area contributed by atoms with E-state index >= 15 is 0 Å². The minimum absolute atomic E-state index is 0.253. The van der Waals surface area contributed by atoms with Crippen LogP contribution < -0.4 is 4.74 Å². The summed E-state index contributed by atoms with van der Waals surface area (Å²) in [5, 5.41) is 0.253. The van der Waals surface area contributed by atoms with Crippen molar-refractivity contribution in [3.8, 4) is 5.88 Å². The van der Waals surface area contributed by atoms with Crippen LogP contribution in [0.1, 0.15) is 0 Å². The summed E-state index contributed by atoms with van der Waals surface area (Å²) in [5.74, 6) is 0.299. The molecule has 2 aromatic heterocycles. The van der Waals surface area contributed by atoms with Gasteiger partial charge in [-0.3, -0.25) is 0 Å². The quantitative estimate of drug-likeness (QED) is 0.695. The molecule has 0 atom stereocenters. The second kappa shape index (κ2) is 3.14. The molecule has 4 nitrogen and oxygen atoms in total. The highest BCUT2D eigenvalue weighted by molar-refractivity contribution is 6.30. The molecule has 0 N–H and O–H groups in total. The number of hydrogen-bond acceptors (Lipinski definition) is 4. The van der Waals surface area contributed by atoms with Crippen LogP contribution in [0.5, 0.6) is 5.88 Å². The van der Waals surface area contributed by atoms with E-state index in [1.165, 1.54) is 7.11 Å². The summed E-state index contributed by atoms with van der Waals surface area (Å²) in [5.41, 5.74) is 1.19. The summed E-state index contributed by atoms with van der Waals surface area (Å²) in [7, 11) is 1.49. The number of fused-ring (bicyclic) bond motifs is 1. The molecule has 2 heterocycles. The number of aromatic nitrogens is 3. The number of hydrogen-bond donors (Lipinski definition) is 0. The molecular formula is C8H6ClN3O. The van der Waals surface area contributed by atoms with E-state index in [0.29, 0.717) is 17.0 Å². The lowest BCUT2D eigenvalue weighted by atomic mass is 10.4. The smallest absolute Gasteiger partial charge is 0.253 e. The van der Waals surface area contributed by atoms with Crippen molar-refractivity contribution in [2.75, 3.05) is 7.11 Å². The summed E-state index contributed by atoms with van der Waals surface area (Å²) in [6, 6.07) is 3.57. The number of rotatable bonds is 1. The molecule has 2 aromatic rings. The van der Waals surface area contributed by atoms with Gasteiger partial charge in [0.2, 0.25) is 0 Å². The van der Waals surface area contributed by atoms with Crippen molar-refractivity contribution in [3.63, 3.8) is 0 Å². The minimum atomic E-state index is 0.253. The Hall–Kier alpha value is -1.42. The molecule has 0 fully saturated rings. The van der Waals surface area contributed by atoms with E-state index in [4.69, 9.17) is 16.3 Å². The topological polar surface area (TPSA) is 47.9 Å². The molecule has 0 aromatic carbocycles. The molecule has 66 valence electrons. The first-order chi connectivity index (χ1) is 6.31. The van der Waals surface area contributed by atoms with E-state index in [1.54, 1.807) is 18.3 Å². The van der Waals surface area contributed by atoms with Gasteiger partial charge < -0.3 is 4.74 Å². The van der Waals surface area contributed by atoms with Crippen molar-refractivity contribution in [1.29, 1.82) is 0 Å². The fourth-order valence-corrected chi connectivity index (χ4v) is 1.20. The molecule has 0 bridgehead atoms. The predicted octanol–water partition coefficient (Wildman–Crippen LogP) is 1.69. The Labute approximate surface area is 79.6 Å². The Morgan fingerprint density at radius 1 is 1.38 bits per heavy atom. The van der Waals surface area contributed by atoms with Crippen LogP contribution in [0, 0.1) is 0 Å². The lowest BCUT2D eigenvalue weighted by Crippen LogP contribution is -1.93.